The van der Waals surface area contributed by atoms with E-state index in [1.165, 1.54) is 12.1 Å². The Labute approximate surface area is 109 Å². The minimum atomic E-state index is -3.89. The SMILES string of the molecule is N#Cc1ccccc1CS(=O)(=O)NCC(O)C(F)F. The maximum absolute atomic E-state index is 12.0. The molecule has 0 aliphatic carbocycles. The summed E-state index contributed by atoms with van der Waals surface area (Å²) in [7, 11) is -3.89. The van der Waals surface area contributed by atoms with Gasteiger partial charge in [-0.15, -0.1) is 0 Å². The van der Waals surface area contributed by atoms with E-state index in [4.69, 9.17) is 10.4 Å². The summed E-state index contributed by atoms with van der Waals surface area (Å²) in [6.07, 6.45) is -5.07. The van der Waals surface area contributed by atoms with E-state index in [0.29, 0.717) is 0 Å². The lowest BCUT2D eigenvalue weighted by molar-refractivity contribution is -0.000455. The highest BCUT2D eigenvalue weighted by molar-refractivity contribution is 7.88. The molecule has 0 amide bonds. The highest BCUT2D eigenvalue weighted by Crippen LogP contribution is 2.11. The van der Waals surface area contributed by atoms with Crippen LogP contribution in [0.1, 0.15) is 11.1 Å². The average molecular weight is 290 g/mol. The van der Waals surface area contributed by atoms with Gasteiger partial charge in [0.15, 0.2) is 0 Å². The molecule has 5 nitrogen and oxygen atoms in total. The lowest BCUT2D eigenvalue weighted by atomic mass is 10.1. The number of halogens is 2. The largest absolute Gasteiger partial charge is 0.386 e. The third kappa shape index (κ3) is 4.90. The van der Waals surface area contributed by atoms with Gasteiger partial charge in [-0.1, -0.05) is 18.2 Å². The molecular weight excluding hydrogens is 278 g/mol. The first-order valence-corrected chi connectivity index (χ1v) is 6.92. The Kier molecular flexibility index (Phi) is 5.35. The van der Waals surface area contributed by atoms with E-state index in [9.17, 15) is 17.2 Å². The summed E-state index contributed by atoms with van der Waals surface area (Å²) in [6, 6.07) is 7.91. The van der Waals surface area contributed by atoms with Gasteiger partial charge >= 0.3 is 0 Å². The maximum atomic E-state index is 12.0. The van der Waals surface area contributed by atoms with Crippen molar-refractivity contribution in [3.63, 3.8) is 0 Å². The molecule has 8 heteroatoms. The second-order valence-electron chi connectivity index (χ2n) is 3.78. The minimum Gasteiger partial charge on any atom is -0.386 e. The molecule has 0 radical (unpaired) electrons. The Balaban J connectivity index is 2.73. The fourth-order valence-corrected chi connectivity index (χ4v) is 2.50. The number of rotatable bonds is 6. The molecule has 0 aliphatic heterocycles. The number of nitriles is 1. The molecule has 104 valence electrons. The molecule has 0 saturated carbocycles. The monoisotopic (exact) mass is 290 g/mol. The molecule has 1 aromatic rings. The van der Waals surface area contributed by atoms with Crippen LogP contribution in [-0.4, -0.2) is 32.6 Å². The van der Waals surface area contributed by atoms with Crippen LogP contribution in [-0.2, 0) is 15.8 Å². The van der Waals surface area contributed by atoms with E-state index in [1.807, 2.05) is 10.8 Å². The van der Waals surface area contributed by atoms with Gasteiger partial charge in [0.1, 0.15) is 6.10 Å². The number of benzene rings is 1. The Morgan fingerprint density at radius 2 is 2.00 bits per heavy atom. The van der Waals surface area contributed by atoms with Crippen molar-refractivity contribution in [3.8, 4) is 6.07 Å². The number of sulfonamides is 1. The van der Waals surface area contributed by atoms with Gasteiger partial charge in [-0.2, -0.15) is 5.26 Å². The number of nitrogens with zero attached hydrogens (tertiary/aromatic N) is 1. The van der Waals surface area contributed by atoms with Crippen molar-refractivity contribution in [2.75, 3.05) is 6.54 Å². The molecule has 0 fully saturated rings. The van der Waals surface area contributed by atoms with Crippen molar-refractivity contribution in [1.29, 1.82) is 5.26 Å². The molecule has 1 aromatic carbocycles. The number of aliphatic hydroxyl groups excluding tert-OH is 1. The summed E-state index contributed by atoms with van der Waals surface area (Å²) < 4.78 is 49.2. The van der Waals surface area contributed by atoms with Gasteiger partial charge in [0.25, 0.3) is 6.43 Å². The van der Waals surface area contributed by atoms with Gasteiger partial charge in [0.05, 0.1) is 17.4 Å². The predicted octanol–water partition coefficient (Wildman–Crippen LogP) is 0.604. The van der Waals surface area contributed by atoms with Crippen LogP contribution >= 0.6 is 0 Å². The predicted molar refractivity (Wildman–Crippen MR) is 63.8 cm³/mol. The first kappa shape index (κ1) is 15.5. The van der Waals surface area contributed by atoms with Crippen molar-refractivity contribution in [2.45, 2.75) is 18.3 Å². The van der Waals surface area contributed by atoms with Crippen molar-refractivity contribution < 1.29 is 22.3 Å². The number of nitrogens with one attached hydrogen (secondary N) is 1. The fraction of sp³-hybridized carbons (Fsp3) is 0.364. The van der Waals surface area contributed by atoms with Gasteiger partial charge in [0, 0.05) is 6.54 Å². The molecule has 0 saturated heterocycles. The smallest absolute Gasteiger partial charge is 0.265 e. The van der Waals surface area contributed by atoms with Crippen molar-refractivity contribution >= 4 is 10.0 Å². The molecule has 0 heterocycles. The van der Waals surface area contributed by atoms with Crippen LogP contribution < -0.4 is 4.72 Å². The van der Waals surface area contributed by atoms with Gasteiger partial charge in [-0.05, 0) is 11.6 Å². The van der Waals surface area contributed by atoms with E-state index in [1.54, 1.807) is 12.1 Å². The second-order valence-corrected chi connectivity index (χ2v) is 5.59. The number of hydrogen-bond donors (Lipinski definition) is 2. The first-order chi connectivity index (χ1) is 8.85. The molecule has 0 aromatic heterocycles. The standard InChI is InChI=1S/C11H12F2N2O3S/c12-11(13)10(16)6-15-19(17,18)7-9-4-2-1-3-8(9)5-14/h1-4,10-11,15-16H,6-7H2. The van der Waals surface area contributed by atoms with E-state index >= 15 is 0 Å². The van der Waals surface area contributed by atoms with E-state index in [0.717, 1.165) is 0 Å². The molecule has 1 unspecified atom stereocenters. The number of alkyl halides is 2. The lowest BCUT2D eigenvalue weighted by Gasteiger charge is -2.11. The van der Waals surface area contributed by atoms with Crippen LogP contribution in [0.5, 0.6) is 0 Å². The highest BCUT2D eigenvalue weighted by atomic mass is 32.2. The van der Waals surface area contributed by atoms with Gasteiger partial charge in [0.2, 0.25) is 10.0 Å². The van der Waals surface area contributed by atoms with E-state index in [2.05, 4.69) is 0 Å². The molecule has 0 bridgehead atoms. The summed E-state index contributed by atoms with van der Waals surface area (Å²) in [5.41, 5.74) is 0.464. The molecule has 0 aliphatic rings. The summed E-state index contributed by atoms with van der Waals surface area (Å²) >= 11 is 0. The van der Waals surface area contributed by atoms with Crippen LogP contribution in [0, 0.1) is 11.3 Å². The second kappa shape index (κ2) is 6.56. The average Bonchev–Trinajstić information content (AvgIpc) is 2.36. The zero-order valence-electron chi connectivity index (χ0n) is 9.75. The normalized spacial score (nSPS) is 13.2. The summed E-state index contributed by atoms with van der Waals surface area (Å²) in [4.78, 5) is 0. The summed E-state index contributed by atoms with van der Waals surface area (Å²) in [5, 5.41) is 17.6. The zero-order chi connectivity index (χ0) is 14.5. The molecule has 1 atom stereocenters. The van der Waals surface area contributed by atoms with Crippen LogP contribution in [0.25, 0.3) is 0 Å². The first-order valence-electron chi connectivity index (χ1n) is 5.27. The van der Waals surface area contributed by atoms with Crippen LogP contribution in [0.2, 0.25) is 0 Å². The molecule has 2 N–H and O–H groups in total. The van der Waals surface area contributed by atoms with Crippen molar-refractivity contribution in [2.24, 2.45) is 0 Å². The lowest BCUT2D eigenvalue weighted by Crippen LogP contribution is -2.36. The third-order valence-electron chi connectivity index (χ3n) is 2.29. The van der Waals surface area contributed by atoms with Crippen molar-refractivity contribution in [3.05, 3.63) is 35.4 Å². The van der Waals surface area contributed by atoms with Crippen LogP contribution in [0.3, 0.4) is 0 Å². The zero-order valence-corrected chi connectivity index (χ0v) is 10.6. The Morgan fingerprint density at radius 3 is 2.58 bits per heavy atom. The topological polar surface area (TPSA) is 90.2 Å². The van der Waals surface area contributed by atoms with Crippen molar-refractivity contribution in [1.82, 2.24) is 4.72 Å². The minimum absolute atomic E-state index is 0.197. The third-order valence-corrected chi connectivity index (χ3v) is 3.58. The van der Waals surface area contributed by atoms with Gasteiger partial charge in [-0.3, -0.25) is 0 Å². The summed E-state index contributed by atoms with van der Waals surface area (Å²) in [6.45, 7) is -0.769. The molecular formula is C11H12F2N2O3S. The molecule has 0 spiro atoms. The number of aliphatic hydroxyl groups is 1. The Morgan fingerprint density at radius 1 is 1.37 bits per heavy atom. The fourth-order valence-electron chi connectivity index (χ4n) is 1.31. The van der Waals surface area contributed by atoms with E-state index in [-0.39, 0.29) is 11.1 Å². The maximum Gasteiger partial charge on any atom is 0.265 e. The number of hydrogen-bond acceptors (Lipinski definition) is 4. The Hall–Kier alpha value is -1.56. The quantitative estimate of drug-likeness (QED) is 0.803. The van der Waals surface area contributed by atoms with Gasteiger partial charge < -0.3 is 5.11 Å². The van der Waals surface area contributed by atoms with Crippen LogP contribution in [0.4, 0.5) is 8.78 Å². The summed E-state index contributed by atoms with van der Waals surface area (Å²) in [5.74, 6) is -0.507. The molecule has 19 heavy (non-hydrogen) atoms. The highest BCUT2D eigenvalue weighted by Gasteiger charge is 2.20. The molecule has 1 rings (SSSR count). The Bertz CT molecular complexity index is 570. The van der Waals surface area contributed by atoms with E-state index < -0.39 is 34.9 Å². The van der Waals surface area contributed by atoms with Gasteiger partial charge in [-0.25, -0.2) is 21.9 Å². The van der Waals surface area contributed by atoms with Crippen LogP contribution in [0.15, 0.2) is 24.3 Å².